The van der Waals surface area contributed by atoms with Gasteiger partial charge in [0, 0.05) is 39.6 Å². The fraction of sp³-hybridized carbons (Fsp3) is 0.611. The van der Waals surface area contributed by atoms with Crippen molar-refractivity contribution in [3.63, 3.8) is 0 Å². The predicted molar refractivity (Wildman–Crippen MR) is 87.9 cm³/mol. The predicted octanol–water partition coefficient (Wildman–Crippen LogP) is 1.48. The molecule has 0 aliphatic carbocycles. The monoisotopic (exact) mass is 332 g/mol. The van der Waals surface area contributed by atoms with Crippen molar-refractivity contribution in [1.82, 2.24) is 9.80 Å². The third-order valence-corrected chi connectivity index (χ3v) is 5.13. The van der Waals surface area contributed by atoms with E-state index in [1.165, 1.54) is 5.56 Å². The van der Waals surface area contributed by atoms with Crippen molar-refractivity contribution < 1.29 is 19.0 Å². The minimum atomic E-state index is 0.0857. The van der Waals surface area contributed by atoms with E-state index in [1.807, 2.05) is 6.07 Å². The highest BCUT2D eigenvalue weighted by Gasteiger charge is 2.42. The van der Waals surface area contributed by atoms with Crippen LogP contribution >= 0.6 is 0 Å². The highest BCUT2D eigenvalue weighted by atomic mass is 16.7. The molecule has 6 nitrogen and oxygen atoms in total. The molecule has 0 N–H and O–H groups in total. The molecule has 0 bridgehead atoms. The van der Waals surface area contributed by atoms with Crippen molar-refractivity contribution in [3.05, 3.63) is 23.8 Å². The van der Waals surface area contributed by atoms with Gasteiger partial charge in [0.2, 0.25) is 12.7 Å². The van der Waals surface area contributed by atoms with E-state index in [1.54, 1.807) is 19.0 Å². The first kappa shape index (κ1) is 15.7. The van der Waals surface area contributed by atoms with Crippen LogP contribution in [0.2, 0.25) is 0 Å². The summed E-state index contributed by atoms with van der Waals surface area (Å²) in [5.74, 6) is 2.36. The lowest BCUT2D eigenvalue weighted by Gasteiger charge is -2.20. The van der Waals surface area contributed by atoms with Crippen LogP contribution in [0.5, 0.6) is 11.5 Å². The minimum Gasteiger partial charge on any atom is -0.454 e. The number of likely N-dealkylation sites (tertiary alicyclic amines) is 1. The summed E-state index contributed by atoms with van der Waals surface area (Å²) in [5.41, 5.74) is 1.23. The molecule has 6 heteroatoms. The van der Waals surface area contributed by atoms with Gasteiger partial charge in [-0.25, -0.2) is 0 Å². The summed E-state index contributed by atoms with van der Waals surface area (Å²) in [6.07, 6.45) is 1.84. The molecule has 2 saturated heterocycles. The lowest BCUT2D eigenvalue weighted by atomic mass is 10.0. The van der Waals surface area contributed by atoms with Crippen LogP contribution in [0.3, 0.4) is 0 Å². The van der Waals surface area contributed by atoms with E-state index in [0.29, 0.717) is 19.1 Å². The van der Waals surface area contributed by atoms with Crippen molar-refractivity contribution in [2.24, 2.45) is 5.92 Å². The van der Waals surface area contributed by atoms with Gasteiger partial charge >= 0.3 is 0 Å². The minimum absolute atomic E-state index is 0.0857. The van der Waals surface area contributed by atoms with Crippen LogP contribution in [0.15, 0.2) is 18.2 Å². The molecule has 0 spiro atoms. The molecule has 0 radical (unpaired) electrons. The average Bonchev–Trinajstić information content (AvgIpc) is 3.21. The van der Waals surface area contributed by atoms with Gasteiger partial charge in [0.25, 0.3) is 0 Å². The SMILES string of the molecule is CN(C)C(=O)C[C@H]1C[C@@H]2CN(Cc3ccc4c(c3)OCO4)C[C@H]2O1. The molecule has 24 heavy (non-hydrogen) atoms. The third kappa shape index (κ3) is 3.08. The molecule has 0 saturated carbocycles. The first-order valence-electron chi connectivity index (χ1n) is 8.55. The van der Waals surface area contributed by atoms with Gasteiger partial charge in [-0.1, -0.05) is 6.07 Å². The molecule has 1 amide bonds. The fourth-order valence-corrected chi connectivity index (χ4v) is 3.88. The second-order valence-corrected chi connectivity index (χ2v) is 7.17. The number of amides is 1. The molecule has 3 aliphatic heterocycles. The molecule has 3 heterocycles. The Bertz CT molecular complexity index is 619. The Balaban J connectivity index is 1.30. The average molecular weight is 332 g/mol. The second-order valence-electron chi connectivity index (χ2n) is 7.17. The van der Waals surface area contributed by atoms with E-state index >= 15 is 0 Å². The quantitative estimate of drug-likeness (QED) is 0.836. The standard InChI is InChI=1S/C18H24N2O4/c1-19(2)18(21)7-14-6-13-9-20(10-17(13)24-14)8-12-3-4-15-16(5-12)23-11-22-15/h3-5,13-14,17H,6-11H2,1-2H3/t13-,14-,17-/m1/s1. The van der Waals surface area contributed by atoms with Gasteiger partial charge in [-0.2, -0.15) is 0 Å². The van der Waals surface area contributed by atoms with Crippen molar-refractivity contribution in [2.45, 2.75) is 31.6 Å². The lowest BCUT2D eigenvalue weighted by Crippen LogP contribution is -2.29. The maximum absolute atomic E-state index is 11.8. The summed E-state index contributed by atoms with van der Waals surface area (Å²) in [5, 5.41) is 0. The van der Waals surface area contributed by atoms with E-state index in [-0.39, 0.29) is 18.1 Å². The molecule has 3 atom stereocenters. The summed E-state index contributed by atoms with van der Waals surface area (Å²) in [7, 11) is 3.59. The van der Waals surface area contributed by atoms with E-state index in [2.05, 4.69) is 17.0 Å². The Kier molecular flexibility index (Phi) is 4.10. The molecule has 1 aromatic carbocycles. The molecule has 1 aromatic rings. The summed E-state index contributed by atoms with van der Waals surface area (Å²) in [4.78, 5) is 15.9. The summed E-state index contributed by atoms with van der Waals surface area (Å²) in [6, 6.07) is 6.14. The first-order valence-corrected chi connectivity index (χ1v) is 8.55. The van der Waals surface area contributed by atoms with Crippen molar-refractivity contribution in [1.29, 1.82) is 0 Å². The molecule has 0 aromatic heterocycles. The number of fused-ring (bicyclic) bond motifs is 2. The zero-order valence-corrected chi connectivity index (χ0v) is 14.2. The smallest absolute Gasteiger partial charge is 0.231 e. The first-order chi connectivity index (χ1) is 11.6. The molecule has 2 fully saturated rings. The number of ether oxygens (including phenoxy) is 3. The lowest BCUT2D eigenvalue weighted by molar-refractivity contribution is -0.131. The fourth-order valence-electron chi connectivity index (χ4n) is 3.88. The molecule has 0 unspecified atom stereocenters. The second kappa shape index (κ2) is 6.26. The Hall–Kier alpha value is -1.79. The number of carbonyl (C=O) groups is 1. The van der Waals surface area contributed by atoms with Crippen LogP contribution in [0.1, 0.15) is 18.4 Å². The van der Waals surface area contributed by atoms with Gasteiger partial charge in [-0.15, -0.1) is 0 Å². The number of rotatable bonds is 4. The van der Waals surface area contributed by atoms with E-state index in [9.17, 15) is 4.79 Å². The Labute approximate surface area is 142 Å². The van der Waals surface area contributed by atoms with E-state index < -0.39 is 0 Å². The Morgan fingerprint density at radius 2 is 2.08 bits per heavy atom. The van der Waals surface area contributed by atoms with Crippen molar-refractivity contribution in [3.8, 4) is 11.5 Å². The van der Waals surface area contributed by atoms with Crippen LogP contribution < -0.4 is 9.47 Å². The highest BCUT2D eigenvalue weighted by Crippen LogP contribution is 2.36. The van der Waals surface area contributed by atoms with E-state index in [0.717, 1.165) is 37.6 Å². The van der Waals surface area contributed by atoms with Gasteiger partial charge in [0.05, 0.1) is 18.6 Å². The molecular formula is C18H24N2O4. The van der Waals surface area contributed by atoms with Crippen LogP contribution in [0, 0.1) is 5.92 Å². The van der Waals surface area contributed by atoms with Crippen molar-refractivity contribution >= 4 is 5.91 Å². The van der Waals surface area contributed by atoms with Crippen LogP contribution in [0.25, 0.3) is 0 Å². The van der Waals surface area contributed by atoms with Gasteiger partial charge in [0.1, 0.15) is 0 Å². The summed E-state index contributed by atoms with van der Waals surface area (Å²) < 4.78 is 16.9. The van der Waals surface area contributed by atoms with Gasteiger partial charge in [-0.3, -0.25) is 9.69 Å². The topological polar surface area (TPSA) is 51.2 Å². The van der Waals surface area contributed by atoms with Gasteiger partial charge in [-0.05, 0) is 24.1 Å². The van der Waals surface area contributed by atoms with E-state index in [4.69, 9.17) is 14.2 Å². The number of nitrogens with zero attached hydrogens (tertiary/aromatic N) is 2. The summed E-state index contributed by atoms with van der Waals surface area (Å²) in [6.45, 7) is 3.18. The zero-order chi connectivity index (χ0) is 16.7. The molecule has 3 aliphatic rings. The maximum atomic E-state index is 11.8. The largest absolute Gasteiger partial charge is 0.454 e. The van der Waals surface area contributed by atoms with Gasteiger partial charge in [0.15, 0.2) is 11.5 Å². The Morgan fingerprint density at radius 1 is 1.25 bits per heavy atom. The number of hydrogen-bond donors (Lipinski definition) is 0. The van der Waals surface area contributed by atoms with Crippen molar-refractivity contribution in [2.75, 3.05) is 34.0 Å². The summed E-state index contributed by atoms with van der Waals surface area (Å²) >= 11 is 0. The van der Waals surface area contributed by atoms with Crippen LogP contribution in [0.4, 0.5) is 0 Å². The van der Waals surface area contributed by atoms with Crippen LogP contribution in [-0.4, -0.2) is 61.9 Å². The maximum Gasteiger partial charge on any atom is 0.231 e. The van der Waals surface area contributed by atoms with Gasteiger partial charge < -0.3 is 19.1 Å². The Morgan fingerprint density at radius 3 is 2.88 bits per heavy atom. The highest BCUT2D eigenvalue weighted by molar-refractivity contribution is 5.76. The number of hydrogen-bond acceptors (Lipinski definition) is 5. The third-order valence-electron chi connectivity index (χ3n) is 5.13. The molecule has 130 valence electrons. The zero-order valence-electron chi connectivity index (χ0n) is 14.2. The molecule has 4 rings (SSSR count). The molecular weight excluding hydrogens is 308 g/mol. The number of carbonyl (C=O) groups excluding carboxylic acids is 1. The number of benzene rings is 1. The normalized spacial score (nSPS) is 28.2. The van der Waals surface area contributed by atoms with Crippen LogP contribution in [-0.2, 0) is 16.1 Å².